The molecule has 0 aromatic carbocycles. The molecule has 90 valence electrons. The number of hydrogen-bond donors (Lipinski definition) is 2. The highest BCUT2D eigenvalue weighted by atomic mass is 16.6. The highest BCUT2D eigenvalue weighted by molar-refractivity contribution is 5.92. The van der Waals surface area contributed by atoms with Gasteiger partial charge in [0.1, 0.15) is 5.78 Å². The van der Waals surface area contributed by atoms with Gasteiger partial charge in [0.05, 0.1) is 5.41 Å². The van der Waals surface area contributed by atoms with Gasteiger partial charge >= 0.3 is 0 Å². The second kappa shape index (κ2) is 5.23. The summed E-state index contributed by atoms with van der Waals surface area (Å²) in [6.07, 6.45) is 2.86. The number of aliphatic hydroxyl groups excluding tert-OH is 1. The molecule has 0 saturated heterocycles. The molecule has 0 aromatic rings. The molecule has 5 heteroatoms. The van der Waals surface area contributed by atoms with Crippen LogP contribution >= 0.6 is 0 Å². The van der Waals surface area contributed by atoms with Gasteiger partial charge < -0.3 is 15.6 Å². The predicted molar refractivity (Wildman–Crippen MR) is 57.3 cm³/mol. The van der Waals surface area contributed by atoms with Gasteiger partial charge in [0.2, 0.25) is 5.91 Å². The van der Waals surface area contributed by atoms with E-state index in [4.69, 9.17) is 10.5 Å². The highest BCUT2D eigenvalue weighted by Gasteiger charge is 2.46. The van der Waals surface area contributed by atoms with Crippen LogP contribution in [0.4, 0.5) is 0 Å². The van der Waals surface area contributed by atoms with Crippen LogP contribution in [0.2, 0.25) is 0 Å². The van der Waals surface area contributed by atoms with Crippen LogP contribution in [-0.4, -0.2) is 29.7 Å². The molecular formula is C11H17NO4. The Balaban J connectivity index is 2.93. The Kier molecular flexibility index (Phi) is 4.20. The summed E-state index contributed by atoms with van der Waals surface area (Å²) >= 11 is 0. The van der Waals surface area contributed by atoms with Crippen LogP contribution in [-0.2, 0) is 14.3 Å². The van der Waals surface area contributed by atoms with E-state index >= 15 is 0 Å². The number of nitrogens with two attached hydrogens (primary N) is 1. The maximum Gasteiger partial charge on any atom is 0.241 e. The Morgan fingerprint density at radius 3 is 2.88 bits per heavy atom. The fourth-order valence-corrected chi connectivity index (χ4v) is 1.97. The lowest BCUT2D eigenvalue weighted by molar-refractivity contribution is -0.166. The number of aliphatic hydroxyl groups is 1. The number of amides is 1. The molecule has 16 heavy (non-hydrogen) atoms. The molecule has 1 aliphatic rings. The van der Waals surface area contributed by atoms with Gasteiger partial charge in [-0.2, -0.15) is 0 Å². The third kappa shape index (κ3) is 2.48. The lowest BCUT2D eigenvalue weighted by atomic mass is 9.84. The van der Waals surface area contributed by atoms with Gasteiger partial charge in [0, 0.05) is 13.0 Å². The number of carbonyl (C=O) groups is 2. The lowest BCUT2D eigenvalue weighted by Crippen LogP contribution is -2.39. The molecule has 0 spiro atoms. The summed E-state index contributed by atoms with van der Waals surface area (Å²) in [5.41, 5.74) is 3.90. The molecule has 1 amide bonds. The van der Waals surface area contributed by atoms with Crippen molar-refractivity contribution in [2.24, 2.45) is 11.1 Å². The molecule has 1 fully saturated rings. The molecule has 3 N–H and O–H groups in total. The van der Waals surface area contributed by atoms with E-state index in [1.165, 1.54) is 6.08 Å². The number of ketones is 1. The molecule has 2 atom stereocenters. The van der Waals surface area contributed by atoms with E-state index in [9.17, 15) is 14.7 Å². The summed E-state index contributed by atoms with van der Waals surface area (Å²) in [4.78, 5) is 22.5. The first-order chi connectivity index (χ1) is 7.53. The van der Waals surface area contributed by atoms with E-state index in [0.717, 1.165) is 6.08 Å². The number of rotatable bonds is 5. The minimum atomic E-state index is -1.21. The molecule has 0 radical (unpaired) electrons. The van der Waals surface area contributed by atoms with E-state index in [2.05, 4.69) is 0 Å². The maximum absolute atomic E-state index is 11.8. The first-order valence-corrected chi connectivity index (χ1v) is 5.34. The van der Waals surface area contributed by atoms with Crippen LogP contribution in [0, 0.1) is 5.41 Å². The number of ether oxygens (including phenoxy) is 1. The standard InChI is InChI=1S/C11H17NO4/c1-2-16-10(15)11(7-5-9(12)14)6-3-4-8(11)13/h5,7,10,15H,2-4,6H2,1H3,(H2,12,14)/b7-5+. The number of Topliss-reactive ketones (excluding diaryl/α,β-unsaturated/α-hetero) is 1. The molecule has 1 saturated carbocycles. The molecule has 1 rings (SSSR count). The number of carbonyl (C=O) groups excluding carboxylic acids is 2. The molecule has 1 aliphatic carbocycles. The summed E-state index contributed by atoms with van der Waals surface area (Å²) in [6, 6.07) is 0. The zero-order chi connectivity index (χ0) is 12.2. The van der Waals surface area contributed by atoms with Crippen LogP contribution < -0.4 is 5.73 Å². The zero-order valence-electron chi connectivity index (χ0n) is 9.31. The number of hydrogen-bond acceptors (Lipinski definition) is 4. The van der Waals surface area contributed by atoms with Crippen LogP contribution in [0.15, 0.2) is 12.2 Å². The summed E-state index contributed by atoms with van der Waals surface area (Å²) in [7, 11) is 0. The third-order valence-electron chi connectivity index (χ3n) is 2.82. The summed E-state index contributed by atoms with van der Waals surface area (Å²) < 4.78 is 5.06. The van der Waals surface area contributed by atoms with Gasteiger partial charge in [0.15, 0.2) is 6.29 Å². The van der Waals surface area contributed by atoms with Crippen LogP contribution in [0.3, 0.4) is 0 Å². The van der Waals surface area contributed by atoms with E-state index in [1.807, 2.05) is 0 Å². The third-order valence-corrected chi connectivity index (χ3v) is 2.82. The molecule has 0 bridgehead atoms. The van der Waals surface area contributed by atoms with Gasteiger partial charge in [-0.15, -0.1) is 0 Å². The minimum Gasteiger partial charge on any atom is -0.367 e. The van der Waals surface area contributed by atoms with Gasteiger partial charge in [0.25, 0.3) is 0 Å². The van der Waals surface area contributed by atoms with Crippen molar-refractivity contribution in [1.82, 2.24) is 0 Å². The molecular weight excluding hydrogens is 210 g/mol. The van der Waals surface area contributed by atoms with Crippen molar-refractivity contribution < 1.29 is 19.4 Å². The first kappa shape index (κ1) is 12.9. The SMILES string of the molecule is CCOC(O)C1(/C=C/C(N)=O)CCCC1=O. The average Bonchev–Trinajstić information content (AvgIpc) is 2.58. The first-order valence-electron chi connectivity index (χ1n) is 5.34. The smallest absolute Gasteiger partial charge is 0.241 e. The Bertz CT molecular complexity index is 313. The summed E-state index contributed by atoms with van der Waals surface area (Å²) in [5, 5.41) is 9.84. The van der Waals surface area contributed by atoms with Crippen molar-refractivity contribution in [2.45, 2.75) is 32.5 Å². The fraction of sp³-hybridized carbons (Fsp3) is 0.636. The van der Waals surface area contributed by atoms with Crippen LogP contribution in [0.25, 0.3) is 0 Å². The molecule has 0 aromatic heterocycles. The maximum atomic E-state index is 11.8. The Hall–Kier alpha value is -1.20. The summed E-state index contributed by atoms with van der Waals surface area (Å²) in [5.74, 6) is -0.742. The van der Waals surface area contributed by atoms with E-state index in [-0.39, 0.29) is 5.78 Å². The predicted octanol–water partition coefficient (Wildman–Crippen LogP) is 0.122. The van der Waals surface area contributed by atoms with Gasteiger partial charge in [-0.3, -0.25) is 9.59 Å². The van der Waals surface area contributed by atoms with E-state index < -0.39 is 17.6 Å². The quantitative estimate of drug-likeness (QED) is 0.515. The minimum absolute atomic E-state index is 0.106. The zero-order valence-corrected chi connectivity index (χ0v) is 9.31. The van der Waals surface area contributed by atoms with Crippen molar-refractivity contribution in [3.8, 4) is 0 Å². The van der Waals surface area contributed by atoms with Crippen molar-refractivity contribution in [3.05, 3.63) is 12.2 Å². The van der Waals surface area contributed by atoms with Crippen molar-refractivity contribution >= 4 is 11.7 Å². The van der Waals surface area contributed by atoms with Crippen molar-refractivity contribution in [1.29, 1.82) is 0 Å². The Labute approximate surface area is 94.3 Å². The van der Waals surface area contributed by atoms with Crippen molar-refractivity contribution in [2.75, 3.05) is 6.61 Å². The van der Waals surface area contributed by atoms with Gasteiger partial charge in [-0.05, 0) is 25.8 Å². The van der Waals surface area contributed by atoms with Crippen LogP contribution in [0.5, 0.6) is 0 Å². The fourth-order valence-electron chi connectivity index (χ4n) is 1.97. The Morgan fingerprint density at radius 1 is 1.75 bits per heavy atom. The van der Waals surface area contributed by atoms with E-state index in [1.54, 1.807) is 6.92 Å². The molecule has 5 nitrogen and oxygen atoms in total. The Morgan fingerprint density at radius 2 is 2.44 bits per heavy atom. The highest BCUT2D eigenvalue weighted by Crippen LogP contribution is 2.39. The molecule has 0 heterocycles. The molecule has 2 unspecified atom stereocenters. The number of primary amides is 1. The van der Waals surface area contributed by atoms with E-state index in [0.29, 0.717) is 25.9 Å². The van der Waals surface area contributed by atoms with Crippen LogP contribution in [0.1, 0.15) is 26.2 Å². The molecule has 0 aliphatic heterocycles. The second-order valence-corrected chi connectivity index (χ2v) is 3.86. The average molecular weight is 227 g/mol. The van der Waals surface area contributed by atoms with Gasteiger partial charge in [-0.25, -0.2) is 0 Å². The van der Waals surface area contributed by atoms with Gasteiger partial charge in [-0.1, -0.05) is 6.08 Å². The van der Waals surface area contributed by atoms with Crippen molar-refractivity contribution in [3.63, 3.8) is 0 Å². The topological polar surface area (TPSA) is 89.6 Å². The second-order valence-electron chi connectivity index (χ2n) is 3.86. The normalized spacial score (nSPS) is 27.5. The summed E-state index contributed by atoms with van der Waals surface area (Å²) in [6.45, 7) is 2.04. The lowest BCUT2D eigenvalue weighted by Gasteiger charge is -2.28. The largest absolute Gasteiger partial charge is 0.367 e. The monoisotopic (exact) mass is 227 g/mol.